The lowest BCUT2D eigenvalue weighted by Crippen LogP contribution is -2.30. The minimum Gasteiger partial charge on any atom is -0.462 e. The van der Waals surface area contributed by atoms with Crippen molar-refractivity contribution in [1.82, 2.24) is 0 Å². The van der Waals surface area contributed by atoms with Crippen molar-refractivity contribution in [2.75, 3.05) is 13.2 Å². The molecule has 0 heterocycles. The molecule has 456 valence electrons. The summed E-state index contributed by atoms with van der Waals surface area (Å²) in [6, 6.07) is 0. The summed E-state index contributed by atoms with van der Waals surface area (Å²) in [4.78, 5) is 38.5. The van der Waals surface area contributed by atoms with Gasteiger partial charge in [0.1, 0.15) is 13.2 Å². The van der Waals surface area contributed by atoms with Gasteiger partial charge in [-0.15, -0.1) is 0 Å². The van der Waals surface area contributed by atoms with Crippen LogP contribution in [0, 0.1) is 0 Å². The summed E-state index contributed by atoms with van der Waals surface area (Å²) in [6.45, 7) is 6.74. The van der Waals surface area contributed by atoms with E-state index >= 15 is 0 Å². The maximum absolute atomic E-state index is 13.0. The summed E-state index contributed by atoms with van der Waals surface area (Å²) in [5.74, 6) is -0.828. The van der Waals surface area contributed by atoms with Gasteiger partial charge < -0.3 is 14.2 Å². The number of carbonyl (C=O) groups excluding carboxylic acids is 3. The van der Waals surface area contributed by atoms with Gasteiger partial charge in [-0.1, -0.05) is 354 Å². The lowest BCUT2D eigenvalue weighted by Gasteiger charge is -2.18. The van der Waals surface area contributed by atoms with E-state index in [1.807, 2.05) is 0 Å². The molecular formula is C71H136O6. The Bertz CT molecular complexity index is 1200. The van der Waals surface area contributed by atoms with Crippen molar-refractivity contribution in [2.45, 2.75) is 412 Å². The van der Waals surface area contributed by atoms with Crippen molar-refractivity contribution in [2.24, 2.45) is 0 Å². The van der Waals surface area contributed by atoms with E-state index in [1.54, 1.807) is 0 Å². The lowest BCUT2D eigenvalue weighted by molar-refractivity contribution is -0.167. The van der Waals surface area contributed by atoms with Crippen LogP contribution in [0.4, 0.5) is 0 Å². The number of ether oxygens (including phenoxy) is 3. The largest absolute Gasteiger partial charge is 0.462 e. The average Bonchev–Trinajstić information content (AvgIpc) is 3.43. The number of esters is 3. The Hall–Kier alpha value is -1.85. The summed E-state index contributed by atoms with van der Waals surface area (Å²) in [7, 11) is 0. The van der Waals surface area contributed by atoms with Crippen LogP contribution in [0.2, 0.25) is 0 Å². The van der Waals surface area contributed by atoms with Crippen molar-refractivity contribution in [1.29, 1.82) is 0 Å². The predicted molar refractivity (Wildman–Crippen MR) is 335 cm³/mol. The Labute approximate surface area is 481 Å². The third-order valence-corrected chi connectivity index (χ3v) is 16.3. The van der Waals surface area contributed by atoms with Crippen LogP contribution in [0.25, 0.3) is 0 Å². The standard InChI is InChI=1S/C71H136O6/c1-4-7-10-13-16-19-22-25-28-31-34-36-38-40-43-46-49-52-55-58-61-64-70(73)76-67-68(66-75-69(72)63-60-57-54-51-48-45-42-39-33-30-27-24-21-18-15-12-9-6-3)77-71(74)65-62-59-56-53-50-47-44-41-37-35-32-29-26-23-20-17-14-11-8-5-2/h31,34,68H,4-30,32-33,35-67H2,1-3H3/b34-31-. The normalized spacial score (nSPS) is 12.0. The van der Waals surface area contributed by atoms with Crippen LogP contribution >= 0.6 is 0 Å². The third kappa shape index (κ3) is 64.9. The summed E-state index contributed by atoms with van der Waals surface area (Å²) in [5.41, 5.74) is 0. The number of rotatable bonds is 66. The number of carbonyl (C=O) groups is 3. The summed E-state index contributed by atoms with van der Waals surface area (Å²) in [6.07, 6.45) is 79.4. The fourth-order valence-electron chi connectivity index (χ4n) is 11.0. The van der Waals surface area contributed by atoms with Crippen molar-refractivity contribution < 1.29 is 28.6 Å². The molecule has 0 amide bonds. The van der Waals surface area contributed by atoms with Crippen LogP contribution in [0.15, 0.2) is 12.2 Å². The Kier molecular flexibility index (Phi) is 65.1. The van der Waals surface area contributed by atoms with E-state index in [9.17, 15) is 14.4 Å². The molecule has 6 heteroatoms. The maximum Gasteiger partial charge on any atom is 0.306 e. The van der Waals surface area contributed by atoms with Gasteiger partial charge in [-0.25, -0.2) is 0 Å². The van der Waals surface area contributed by atoms with E-state index < -0.39 is 6.10 Å². The van der Waals surface area contributed by atoms with E-state index in [-0.39, 0.29) is 31.1 Å². The number of hydrogen-bond donors (Lipinski definition) is 0. The molecule has 0 bridgehead atoms. The zero-order chi connectivity index (χ0) is 55.7. The van der Waals surface area contributed by atoms with E-state index in [1.165, 1.54) is 308 Å². The second-order valence-corrected chi connectivity index (χ2v) is 24.2. The first kappa shape index (κ1) is 75.2. The molecule has 0 aliphatic carbocycles. The molecule has 0 saturated heterocycles. The molecule has 0 fully saturated rings. The third-order valence-electron chi connectivity index (χ3n) is 16.3. The van der Waals surface area contributed by atoms with Crippen LogP contribution in [-0.2, 0) is 28.6 Å². The van der Waals surface area contributed by atoms with Gasteiger partial charge in [-0.2, -0.15) is 0 Å². The topological polar surface area (TPSA) is 78.9 Å². The second-order valence-electron chi connectivity index (χ2n) is 24.2. The fourth-order valence-corrected chi connectivity index (χ4v) is 11.0. The van der Waals surface area contributed by atoms with Gasteiger partial charge in [0.05, 0.1) is 0 Å². The van der Waals surface area contributed by atoms with E-state index in [2.05, 4.69) is 32.9 Å². The maximum atomic E-state index is 13.0. The number of unbranched alkanes of at least 4 members (excludes halogenated alkanes) is 53. The van der Waals surface area contributed by atoms with Gasteiger partial charge in [0.25, 0.3) is 0 Å². The highest BCUT2D eigenvalue weighted by atomic mass is 16.6. The number of hydrogen-bond acceptors (Lipinski definition) is 6. The highest BCUT2D eigenvalue weighted by Gasteiger charge is 2.19. The smallest absolute Gasteiger partial charge is 0.306 e. The van der Waals surface area contributed by atoms with Crippen LogP contribution in [-0.4, -0.2) is 37.2 Å². The molecule has 1 atom stereocenters. The highest BCUT2D eigenvalue weighted by Crippen LogP contribution is 2.19. The van der Waals surface area contributed by atoms with Crippen LogP contribution in [0.1, 0.15) is 406 Å². The van der Waals surface area contributed by atoms with Gasteiger partial charge in [0, 0.05) is 19.3 Å². The molecule has 0 radical (unpaired) electrons. The molecule has 0 N–H and O–H groups in total. The molecule has 0 aromatic heterocycles. The first-order valence-electron chi connectivity index (χ1n) is 35.2. The molecule has 0 rings (SSSR count). The Morgan fingerprint density at radius 1 is 0.247 bits per heavy atom. The molecule has 77 heavy (non-hydrogen) atoms. The first-order valence-corrected chi connectivity index (χ1v) is 35.2. The quantitative estimate of drug-likeness (QED) is 0.0261. The molecule has 6 nitrogen and oxygen atoms in total. The molecule has 0 aromatic carbocycles. The number of allylic oxidation sites excluding steroid dienone is 2. The van der Waals surface area contributed by atoms with Gasteiger partial charge in [-0.05, 0) is 44.9 Å². The average molecular weight is 1090 g/mol. The Morgan fingerprint density at radius 3 is 0.649 bits per heavy atom. The van der Waals surface area contributed by atoms with Crippen LogP contribution in [0.5, 0.6) is 0 Å². The van der Waals surface area contributed by atoms with Crippen molar-refractivity contribution >= 4 is 17.9 Å². The molecule has 1 unspecified atom stereocenters. The summed E-state index contributed by atoms with van der Waals surface area (Å²) < 4.78 is 17.0. The Morgan fingerprint density at radius 2 is 0.429 bits per heavy atom. The van der Waals surface area contributed by atoms with Gasteiger partial charge in [0.2, 0.25) is 0 Å². The molecule has 0 aliphatic rings. The van der Waals surface area contributed by atoms with Crippen LogP contribution < -0.4 is 0 Å². The van der Waals surface area contributed by atoms with E-state index in [0.717, 1.165) is 57.8 Å². The van der Waals surface area contributed by atoms with Gasteiger partial charge in [0.15, 0.2) is 6.10 Å². The molecule has 0 aliphatic heterocycles. The zero-order valence-electron chi connectivity index (χ0n) is 52.5. The summed E-state index contributed by atoms with van der Waals surface area (Å²) >= 11 is 0. The zero-order valence-corrected chi connectivity index (χ0v) is 52.5. The first-order chi connectivity index (χ1) is 38.0. The molecular weight excluding hydrogens is 949 g/mol. The van der Waals surface area contributed by atoms with E-state index in [4.69, 9.17) is 14.2 Å². The SMILES string of the molecule is CCCCCCCCCC/C=C\CCCCCCCCCCCC(=O)OCC(COC(=O)CCCCCCCCCCCCCCCCCCCC)OC(=O)CCCCCCCCCCCCCCCCCCCCCC. The predicted octanol–water partition coefficient (Wildman–Crippen LogP) is 24.0. The van der Waals surface area contributed by atoms with Gasteiger partial charge >= 0.3 is 17.9 Å². The van der Waals surface area contributed by atoms with E-state index in [0.29, 0.717) is 19.3 Å². The molecule has 0 saturated carbocycles. The van der Waals surface area contributed by atoms with Crippen molar-refractivity contribution in [3.05, 3.63) is 12.2 Å². The van der Waals surface area contributed by atoms with Crippen LogP contribution in [0.3, 0.4) is 0 Å². The Balaban J connectivity index is 4.29. The van der Waals surface area contributed by atoms with Gasteiger partial charge in [-0.3, -0.25) is 14.4 Å². The fraction of sp³-hybridized carbons (Fsp3) is 0.930. The lowest BCUT2D eigenvalue weighted by atomic mass is 10.0. The minimum absolute atomic E-state index is 0.0633. The minimum atomic E-state index is -0.767. The second kappa shape index (κ2) is 66.7. The summed E-state index contributed by atoms with van der Waals surface area (Å²) in [5, 5.41) is 0. The molecule has 0 aromatic rings. The monoisotopic (exact) mass is 1090 g/mol. The van der Waals surface area contributed by atoms with Crippen molar-refractivity contribution in [3.63, 3.8) is 0 Å². The highest BCUT2D eigenvalue weighted by molar-refractivity contribution is 5.71. The molecule has 0 spiro atoms. The van der Waals surface area contributed by atoms with Crippen molar-refractivity contribution in [3.8, 4) is 0 Å².